The number of benzene rings is 3. The number of carbonyl (C=O) groups is 1. The van der Waals surface area contributed by atoms with E-state index < -0.39 is 23.7 Å². The van der Waals surface area contributed by atoms with Crippen LogP contribution in [0.25, 0.3) is 10.2 Å². The van der Waals surface area contributed by atoms with Gasteiger partial charge in [0.2, 0.25) is 0 Å². The molecule has 0 saturated heterocycles. The first kappa shape index (κ1) is 23.4. The van der Waals surface area contributed by atoms with Crippen molar-refractivity contribution in [2.75, 3.05) is 4.90 Å². The van der Waals surface area contributed by atoms with Crippen molar-refractivity contribution in [3.8, 4) is 0 Å². The van der Waals surface area contributed by atoms with E-state index in [1.54, 1.807) is 0 Å². The van der Waals surface area contributed by atoms with Crippen LogP contribution in [0.15, 0.2) is 94.6 Å². The molecule has 0 aliphatic heterocycles. The summed E-state index contributed by atoms with van der Waals surface area (Å²) < 4.78 is 3.36. The molecule has 0 fully saturated rings. The summed E-state index contributed by atoms with van der Waals surface area (Å²) in [4.78, 5) is 45.9. The topological polar surface area (TPSA) is 77.2 Å². The summed E-state index contributed by atoms with van der Waals surface area (Å²) in [6, 6.07) is 24.3. The first-order valence-corrected chi connectivity index (χ1v) is 12.3. The van der Waals surface area contributed by atoms with Crippen LogP contribution in [-0.4, -0.2) is 20.0 Å². The molecule has 8 heteroatoms. The van der Waals surface area contributed by atoms with Gasteiger partial charge in [0.15, 0.2) is 5.13 Å². The Balaban J connectivity index is 1.56. The first-order valence-electron chi connectivity index (χ1n) is 11.5. The van der Waals surface area contributed by atoms with Crippen LogP contribution in [-0.2, 0) is 17.9 Å². The van der Waals surface area contributed by atoms with E-state index in [2.05, 4.69) is 4.98 Å². The van der Waals surface area contributed by atoms with Gasteiger partial charge in [-0.2, -0.15) is 0 Å². The molecule has 0 unspecified atom stereocenters. The van der Waals surface area contributed by atoms with Crippen molar-refractivity contribution in [3.63, 3.8) is 0 Å². The average molecular weight is 497 g/mol. The quantitative estimate of drug-likeness (QED) is 0.343. The lowest BCUT2D eigenvalue weighted by Crippen LogP contribution is -2.43. The van der Waals surface area contributed by atoms with Crippen LogP contribution in [0.5, 0.6) is 0 Å². The maximum atomic E-state index is 13.8. The Labute approximate surface area is 211 Å². The lowest BCUT2D eigenvalue weighted by Gasteiger charge is -2.21. The van der Waals surface area contributed by atoms with Crippen molar-refractivity contribution in [2.45, 2.75) is 26.9 Å². The van der Waals surface area contributed by atoms with Gasteiger partial charge in [-0.1, -0.05) is 59.9 Å². The second-order valence-corrected chi connectivity index (χ2v) is 9.68. The van der Waals surface area contributed by atoms with Crippen LogP contribution < -0.4 is 16.1 Å². The number of hydrogen-bond acceptors (Lipinski definition) is 5. The summed E-state index contributed by atoms with van der Waals surface area (Å²) in [5.41, 5.74) is 3.26. The van der Waals surface area contributed by atoms with Crippen molar-refractivity contribution in [1.82, 2.24) is 14.1 Å². The summed E-state index contributed by atoms with van der Waals surface area (Å²) >= 11 is 1.39. The molecule has 2 aromatic heterocycles. The Hall–Kier alpha value is -4.30. The minimum absolute atomic E-state index is 0.298. The maximum absolute atomic E-state index is 13.8. The molecule has 0 spiro atoms. The monoisotopic (exact) mass is 496 g/mol. The largest absolute Gasteiger partial charge is 0.331 e. The van der Waals surface area contributed by atoms with E-state index in [4.69, 9.17) is 0 Å². The van der Waals surface area contributed by atoms with Crippen LogP contribution in [0.2, 0.25) is 0 Å². The lowest BCUT2D eigenvalue weighted by atomic mass is 10.1. The third kappa shape index (κ3) is 4.76. The molecule has 36 heavy (non-hydrogen) atoms. The number of hydrogen-bond donors (Lipinski definition) is 0. The molecular formula is C28H24N4O3S. The summed E-state index contributed by atoms with van der Waals surface area (Å²) in [6.45, 7) is 3.81. The number of rotatable bonds is 6. The zero-order valence-electron chi connectivity index (χ0n) is 19.9. The molecule has 0 aliphatic rings. The van der Waals surface area contributed by atoms with Gasteiger partial charge in [0.1, 0.15) is 6.54 Å². The smallest absolute Gasteiger partial charge is 0.296 e. The molecule has 0 saturated carbocycles. The van der Waals surface area contributed by atoms with Gasteiger partial charge in [0, 0.05) is 12.3 Å². The fraction of sp³-hybridized carbons (Fsp3) is 0.143. The number of fused-ring (bicyclic) bond motifs is 1. The highest BCUT2D eigenvalue weighted by atomic mass is 32.1. The van der Waals surface area contributed by atoms with Crippen molar-refractivity contribution in [2.24, 2.45) is 0 Å². The van der Waals surface area contributed by atoms with Gasteiger partial charge in [-0.05, 0) is 54.8 Å². The lowest BCUT2D eigenvalue weighted by molar-refractivity contribution is -0.118. The number of carbonyl (C=O) groups excluding carboxylic acids is 1. The Morgan fingerprint density at radius 2 is 1.61 bits per heavy atom. The summed E-state index contributed by atoms with van der Waals surface area (Å²) in [5, 5.41) is 0.486. The minimum Gasteiger partial charge on any atom is -0.296 e. The van der Waals surface area contributed by atoms with E-state index in [0.717, 1.165) is 31.5 Å². The highest BCUT2D eigenvalue weighted by Crippen LogP contribution is 2.34. The van der Waals surface area contributed by atoms with Crippen molar-refractivity contribution < 1.29 is 4.79 Å². The molecule has 7 nitrogen and oxygen atoms in total. The molecule has 5 aromatic rings. The predicted octanol–water partition coefficient (Wildman–Crippen LogP) is 4.65. The second-order valence-electron chi connectivity index (χ2n) is 8.68. The molecule has 180 valence electrons. The summed E-state index contributed by atoms with van der Waals surface area (Å²) in [6.07, 6.45) is 1.47. The number of anilines is 2. The Bertz CT molecular complexity index is 1630. The van der Waals surface area contributed by atoms with E-state index in [9.17, 15) is 14.4 Å². The van der Waals surface area contributed by atoms with Gasteiger partial charge in [0.05, 0.1) is 22.4 Å². The van der Waals surface area contributed by atoms with Crippen LogP contribution in [0, 0.1) is 13.8 Å². The zero-order chi connectivity index (χ0) is 25.2. The Morgan fingerprint density at radius 1 is 0.917 bits per heavy atom. The highest BCUT2D eigenvalue weighted by molar-refractivity contribution is 7.22. The van der Waals surface area contributed by atoms with Gasteiger partial charge < -0.3 is 0 Å². The molecule has 1 amide bonds. The van der Waals surface area contributed by atoms with Crippen molar-refractivity contribution in [1.29, 1.82) is 0 Å². The van der Waals surface area contributed by atoms with E-state index in [-0.39, 0.29) is 0 Å². The summed E-state index contributed by atoms with van der Waals surface area (Å²) in [7, 11) is 0. The maximum Gasteiger partial charge on any atom is 0.331 e. The number of aryl methyl sites for hydroxylation is 2. The van der Waals surface area contributed by atoms with E-state index >= 15 is 0 Å². The molecule has 0 bridgehead atoms. The van der Waals surface area contributed by atoms with Gasteiger partial charge in [-0.25, -0.2) is 9.78 Å². The first-order chi connectivity index (χ1) is 17.4. The normalized spacial score (nSPS) is 11.1. The molecule has 0 N–H and O–H groups in total. The standard InChI is InChI=1S/C28H24N4O3S/c1-19-14-20(2)16-22(15-19)32(27-29-23-10-6-7-11-24(23)36-27)26(34)18-31-25(33)12-13-30(28(31)35)17-21-8-4-3-5-9-21/h3-16H,17-18H2,1-2H3. The number of thiazole rings is 1. The Kier molecular flexibility index (Phi) is 6.35. The van der Waals surface area contributed by atoms with Gasteiger partial charge in [-0.15, -0.1) is 0 Å². The number of nitrogens with zero attached hydrogens (tertiary/aromatic N) is 4. The van der Waals surface area contributed by atoms with Crippen LogP contribution in [0.4, 0.5) is 10.8 Å². The third-order valence-corrected chi connectivity index (χ3v) is 6.84. The molecule has 0 aliphatic carbocycles. The Morgan fingerprint density at radius 3 is 2.33 bits per heavy atom. The van der Waals surface area contributed by atoms with Gasteiger partial charge >= 0.3 is 5.69 Å². The molecule has 3 aromatic carbocycles. The molecule has 0 radical (unpaired) electrons. The number of aromatic nitrogens is 3. The zero-order valence-corrected chi connectivity index (χ0v) is 20.7. The molecular weight excluding hydrogens is 472 g/mol. The van der Waals surface area contributed by atoms with Crippen LogP contribution >= 0.6 is 11.3 Å². The molecule has 0 atom stereocenters. The predicted molar refractivity (Wildman–Crippen MR) is 143 cm³/mol. The minimum atomic E-state index is -0.538. The molecule has 2 heterocycles. The average Bonchev–Trinajstić information content (AvgIpc) is 3.27. The van der Waals surface area contributed by atoms with Crippen molar-refractivity contribution in [3.05, 3.63) is 123 Å². The third-order valence-electron chi connectivity index (χ3n) is 5.82. The number of para-hydroxylation sites is 1. The number of amides is 1. The summed E-state index contributed by atoms with van der Waals surface area (Å²) in [5.74, 6) is -0.421. The van der Waals surface area contributed by atoms with Gasteiger partial charge in [0.25, 0.3) is 11.5 Å². The van der Waals surface area contributed by atoms with E-state index in [1.807, 2.05) is 86.6 Å². The second kappa shape index (κ2) is 9.75. The SMILES string of the molecule is Cc1cc(C)cc(N(C(=O)Cn2c(=O)ccn(Cc3ccccc3)c2=O)c2nc3ccccc3s2)c1. The van der Waals surface area contributed by atoms with Crippen molar-refractivity contribution >= 4 is 38.3 Å². The fourth-order valence-corrected chi connectivity index (χ4v) is 5.21. The van der Waals surface area contributed by atoms with E-state index in [0.29, 0.717) is 17.4 Å². The molecule has 5 rings (SSSR count). The fourth-order valence-electron chi connectivity index (χ4n) is 4.21. The van der Waals surface area contributed by atoms with Crippen LogP contribution in [0.1, 0.15) is 16.7 Å². The highest BCUT2D eigenvalue weighted by Gasteiger charge is 2.24. The van der Waals surface area contributed by atoms with Gasteiger partial charge in [-0.3, -0.25) is 23.6 Å². The van der Waals surface area contributed by atoms with Crippen LogP contribution in [0.3, 0.4) is 0 Å². The van der Waals surface area contributed by atoms with E-state index in [1.165, 1.54) is 33.1 Å².